The molecule has 0 aliphatic heterocycles. The molecule has 1 unspecified atom stereocenters. The Hall–Kier alpha value is -1.84. The highest BCUT2D eigenvalue weighted by molar-refractivity contribution is 14.0. The first-order chi connectivity index (χ1) is 13.4. The largest absolute Gasteiger partial charge is 0.490 e. The van der Waals surface area contributed by atoms with Crippen LogP contribution in [0.1, 0.15) is 57.0 Å². The van der Waals surface area contributed by atoms with E-state index in [4.69, 9.17) is 14.3 Å². The van der Waals surface area contributed by atoms with Gasteiger partial charge in [-0.15, -0.1) is 24.0 Å². The topological polar surface area (TPSA) is 84.6 Å². The summed E-state index contributed by atoms with van der Waals surface area (Å²) in [4.78, 5) is 8.89. The van der Waals surface area contributed by atoms with Crippen molar-refractivity contribution in [2.75, 3.05) is 6.54 Å². The molecule has 162 valence electrons. The van der Waals surface area contributed by atoms with Crippen molar-refractivity contribution in [2.24, 2.45) is 10.9 Å². The normalized spacial score (nSPS) is 12.4. The third-order valence-electron chi connectivity index (χ3n) is 4.09. The molecule has 1 aromatic carbocycles. The number of guanidine groups is 1. The first kappa shape index (κ1) is 25.2. The average Bonchev–Trinajstić information content (AvgIpc) is 3.03. The highest BCUT2D eigenvalue weighted by Crippen LogP contribution is 2.24. The third kappa shape index (κ3) is 9.01. The Labute approximate surface area is 191 Å². The molecule has 2 N–H and O–H groups in total. The summed E-state index contributed by atoms with van der Waals surface area (Å²) in [6.07, 6.45) is 1.18. The Morgan fingerprint density at radius 2 is 1.97 bits per heavy atom. The fourth-order valence-corrected chi connectivity index (χ4v) is 2.91. The van der Waals surface area contributed by atoms with E-state index in [9.17, 15) is 0 Å². The predicted molar refractivity (Wildman–Crippen MR) is 127 cm³/mol. The molecule has 29 heavy (non-hydrogen) atoms. The van der Waals surface area contributed by atoms with E-state index in [-0.39, 0.29) is 30.1 Å². The van der Waals surface area contributed by atoms with Gasteiger partial charge in [-0.25, -0.2) is 4.99 Å². The van der Waals surface area contributed by atoms with Crippen LogP contribution in [0.15, 0.2) is 27.7 Å². The van der Waals surface area contributed by atoms with E-state index in [0.717, 1.165) is 24.3 Å². The summed E-state index contributed by atoms with van der Waals surface area (Å²) in [5.41, 5.74) is 2.24. The molecule has 0 bridgehead atoms. The molecule has 2 rings (SSSR count). The lowest BCUT2D eigenvalue weighted by molar-refractivity contribution is 0.191. The monoisotopic (exact) mass is 515 g/mol. The van der Waals surface area contributed by atoms with E-state index in [1.807, 2.05) is 6.92 Å². The summed E-state index contributed by atoms with van der Waals surface area (Å²) in [6, 6.07) is 6.26. The highest BCUT2D eigenvalue weighted by atomic mass is 127. The van der Waals surface area contributed by atoms with Crippen LogP contribution >= 0.6 is 24.0 Å². The molecule has 1 heterocycles. The number of hydrogen-bond donors (Lipinski definition) is 2. The van der Waals surface area contributed by atoms with Crippen LogP contribution in [-0.2, 0) is 13.1 Å². The lowest BCUT2D eigenvalue weighted by Crippen LogP contribution is -2.37. The van der Waals surface area contributed by atoms with E-state index in [0.29, 0.717) is 36.7 Å². The summed E-state index contributed by atoms with van der Waals surface area (Å²) in [6.45, 7) is 14.1. The highest BCUT2D eigenvalue weighted by Gasteiger charge is 2.11. The minimum absolute atomic E-state index is 0. The van der Waals surface area contributed by atoms with Gasteiger partial charge in [-0.2, -0.15) is 4.98 Å². The summed E-state index contributed by atoms with van der Waals surface area (Å²) in [5, 5.41) is 10.4. The van der Waals surface area contributed by atoms with Gasteiger partial charge in [0.05, 0.1) is 19.2 Å². The molecule has 2 aromatic rings. The maximum absolute atomic E-state index is 6.22. The summed E-state index contributed by atoms with van der Waals surface area (Å²) in [5.74, 6) is 3.36. The minimum Gasteiger partial charge on any atom is -0.490 e. The predicted octanol–water partition coefficient (Wildman–Crippen LogP) is 4.37. The molecule has 8 heteroatoms. The molecule has 0 saturated heterocycles. The number of hydrogen-bond acceptors (Lipinski definition) is 5. The van der Waals surface area contributed by atoms with Gasteiger partial charge in [0.1, 0.15) is 5.75 Å². The number of nitrogens with zero attached hydrogens (tertiary/aromatic N) is 3. The minimum atomic E-state index is 0. The second-order valence-corrected chi connectivity index (χ2v) is 7.45. The van der Waals surface area contributed by atoms with Crippen LogP contribution in [0.25, 0.3) is 0 Å². The van der Waals surface area contributed by atoms with Crippen molar-refractivity contribution in [3.05, 3.63) is 41.0 Å². The summed E-state index contributed by atoms with van der Waals surface area (Å²) in [7, 11) is 0. The Balaban J connectivity index is 0.00000420. The van der Waals surface area contributed by atoms with Crippen molar-refractivity contribution in [3.8, 4) is 5.75 Å². The molecule has 0 aliphatic carbocycles. The van der Waals surface area contributed by atoms with Crippen molar-refractivity contribution in [2.45, 2.75) is 67.2 Å². The first-order valence-corrected chi connectivity index (χ1v) is 9.95. The zero-order valence-electron chi connectivity index (χ0n) is 18.3. The molecular weight excluding hydrogens is 481 g/mol. The van der Waals surface area contributed by atoms with Gasteiger partial charge in [0.25, 0.3) is 0 Å². The van der Waals surface area contributed by atoms with Gasteiger partial charge in [0, 0.05) is 19.0 Å². The molecule has 0 spiro atoms. The van der Waals surface area contributed by atoms with Crippen molar-refractivity contribution < 1.29 is 9.26 Å². The van der Waals surface area contributed by atoms with Crippen molar-refractivity contribution in [3.63, 3.8) is 0 Å². The molecule has 7 nitrogen and oxygen atoms in total. The summed E-state index contributed by atoms with van der Waals surface area (Å²) >= 11 is 0. The number of aliphatic imine (C=N–C) groups is 1. The van der Waals surface area contributed by atoms with Gasteiger partial charge in [-0.1, -0.05) is 31.1 Å². The van der Waals surface area contributed by atoms with Gasteiger partial charge >= 0.3 is 0 Å². The Morgan fingerprint density at radius 1 is 1.21 bits per heavy atom. The number of aryl methyl sites for hydroxylation is 2. The fourth-order valence-electron chi connectivity index (χ4n) is 2.91. The molecule has 0 radical (unpaired) electrons. The van der Waals surface area contributed by atoms with Crippen LogP contribution in [0.4, 0.5) is 0 Å². The number of aromatic nitrogens is 2. The van der Waals surface area contributed by atoms with Crippen LogP contribution in [0.2, 0.25) is 0 Å². The lowest BCUT2D eigenvalue weighted by Gasteiger charge is -2.19. The number of halogens is 1. The van der Waals surface area contributed by atoms with Gasteiger partial charge in [-0.05, 0) is 44.7 Å². The van der Waals surface area contributed by atoms with Crippen LogP contribution in [-0.4, -0.2) is 28.7 Å². The molecule has 0 aliphatic rings. The first-order valence-electron chi connectivity index (χ1n) is 9.95. The molecule has 1 atom stereocenters. The number of rotatable bonds is 9. The van der Waals surface area contributed by atoms with Gasteiger partial charge < -0.3 is 19.9 Å². The maximum atomic E-state index is 6.22. The maximum Gasteiger partial charge on any atom is 0.223 e. The fraction of sp³-hybridized carbons (Fsp3) is 0.571. The Bertz CT molecular complexity index is 776. The number of benzene rings is 1. The van der Waals surface area contributed by atoms with Crippen molar-refractivity contribution in [1.82, 2.24) is 20.8 Å². The Kier molecular flexibility index (Phi) is 11.0. The zero-order chi connectivity index (χ0) is 20.5. The molecule has 0 fully saturated rings. The third-order valence-corrected chi connectivity index (χ3v) is 4.09. The van der Waals surface area contributed by atoms with Crippen LogP contribution in [0.5, 0.6) is 5.75 Å². The van der Waals surface area contributed by atoms with E-state index < -0.39 is 0 Å². The van der Waals surface area contributed by atoms with E-state index in [2.05, 4.69) is 66.7 Å². The van der Waals surface area contributed by atoms with Crippen LogP contribution in [0, 0.1) is 19.8 Å². The second-order valence-electron chi connectivity index (χ2n) is 7.45. The molecule has 0 amide bonds. The smallest absolute Gasteiger partial charge is 0.223 e. The number of ether oxygens (including phenoxy) is 1. The standard InChI is InChI=1S/C21H33N5O2.HI/c1-7-22-21(24-13-20-25-17(6)28-26-20)23-12-18-9-8-15(4)11-19(18)27-16(5)10-14(2)3;/h8-9,11,14,16H,7,10,12-13H2,1-6H3,(H2,22,23,24);1H. The second kappa shape index (κ2) is 12.7. The van der Waals surface area contributed by atoms with Crippen LogP contribution in [0.3, 0.4) is 0 Å². The number of nitrogens with one attached hydrogen (secondary N) is 2. The Morgan fingerprint density at radius 3 is 2.59 bits per heavy atom. The lowest BCUT2D eigenvalue weighted by atomic mass is 10.1. The van der Waals surface area contributed by atoms with E-state index in [1.54, 1.807) is 6.92 Å². The van der Waals surface area contributed by atoms with Gasteiger partial charge in [0.15, 0.2) is 11.8 Å². The van der Waals surface area contributed by atoms with Crippen molar-refractivity contribution >= 4 is 29.9 Å². The van der Waals surface area contributed by atoms with Gasteiger partial charge in [0.2, 0.25) is 5.89 Å². The van der Waals surface area contributed by atoms with E-state index in [1.165, 1.54) is 5.56 Å². The van der Waals surface area contributed by atoms with Crippen molar-refractivity contribution in [1.29, 1.82) is 0 Å². The SMILES string of the molecule is CCNC(=NCc1ccc(C)cc1OC(C)CC(C)C)NCc1noc(C)n1.I. The van der Waals surface area contributed by atoms with E-state index >= 15 is 0 Å². The zero-order valence-corrected chi connectivity index (χ0v) is 20.6. The quantitative estimate of drug-likeness (QED) is 0.293. The molecule has 1 aromatic heterocycles. The average molecular weight is 515 g/mol. The molecular formula is C21H34IN5O2. The van der Waals surface area contributed by atoms with Gasteiger partial charge in [-0.3, -0.25) is 0 Å². The molecule has 0 saturated carbocycles. The van der Waals surface area contributed by atoms with Crippen LogP contribution < -0.4 is 15.4 Å². The summed E-state index contributed by atoms with van der Waals surface area (Å²) < 4.78 is 11.2.